The van der Waals surface area contributed by atoms with Crippen molar-refractivity contribution >= 4 is 17.6 Å². The molecule has 1 aliphatic heterocycles. The first-order chi connectivity index (χ1) is 9.22. The van der Waals surface area contributed by atoms with Crippen molar-refractivity contribution in [1.82, 2.24) is 5.32 Å². The van der Waals surface area contributed by atoms with Gasteiger partial charge in [-0.1, -0.05) is 47.9 Å². The van der Waals surface area contributed by atoms with Gasteiger partial charge in [0, 0.05) is 6.54 Å². The first-order valence-corrected chi connectivity index (χ1v) is 6.03. The Morgan fingerprint density at radius 3 is 2.84 bits per heavy atom. The Labute approximate surface area is 116 Å². The number of rotatable bonds is 5. The van der Waals surface area contributed by atoms with Gasteiger partial charge in [0.15, 0.2) is 5.03 Å². The molecule has 0 saturated heterocycles. The lowest BCUT2D eigenvalue weighted by atomic mass is 10.2. The number of esters is 1. The number of nitrogens with one attached hydrogen (secondary N) is 1. The highest BCUT2D eigenvalue weighted by Crippen LogP contribution is 2.24. The van der Waals surface area contributed by atoms with Gasteiger partial charge in [-0.05, 0) is 5.56 Å². The predicted octanol–water partition coefficient (Wildman–Crippen LogP) is 1.76. The van der Waals surface area contributed by atoms with Crippen LogP contribution in [-0.2, 0) is 20.8 Å². The summed E-state index contributed by atoms with van der Waals surface area (Å²) in [6.07, 6.45) is 4.24. The van der Waals surface area contributed by atoms with E-state index in [1.165, 1.54) is 0 Å². The molecule has 2 rings (SSSR count). The molecule has 0 bridgehead atoms. The molecule has 0 spiro atoms. The van der Waals surface area contributed by atoms with E-state index in [0.29, 0.717) is 12.2 Å². The molecule has 0 aliphatic carbocycles. The van der Waals surface area contributed by atoms with E-state index in [1.54, 1.807) is 0 Å². The van der Waals surface area contributed by atoms with Crippen molar-refractivity contribution in [3.8, 4) is 12.3 Å². The fourth-order valence-electron chi connectivity index (χ4n) is 1.62. The molecule has 0 aromatic heterocycles. The molecule has 1 atom stereocenters. The van der Waals surface area contributed by atoms with Crippen LogP contribution >= 0.6 is 11.6 Å². The fraction of sp³-hybridized carbons (Fsp3) is 0.214. The summed E-state index contributed by atoms with van der Waals surface area (Å²) in [4.78, 5) is 11.4. The monoisotopic (exact) mass is 277 g/mol. The molecule has 1 N–H and O–H groups in total. The van der Waals surface area contributed by atoms with Gasteiger partial charge in [0.2, 0.25) is 6.29 Å². The summed E-state index contributed by atoms with van der Waals surface area (Å²) in [5, 5.41) is 3.04. The van der Waals surface area contributed by atoms with E-state index in [1.807, 2.05) is 30.3 Å². The van der Waals surface area contributed by atoms with Gasteiger partial charge < -0.3 is 14.8 Å². The number of hydrogen-bond acceptors (Lipinski definition) is 4. The molecule has 4 nitrogen and oxygen atoms in total. The smallest absolute Gasteiger partial charge is 0.354 e. The van der Waals surface area contributed by atoms with Crippen molar-refractivity contribution in [3.05, 3.63) is 46.6 Å². The molecule has 19 heavy (non-hydrogen) atoms. The Morgan fingerprint density at radius 2 is 2.16 bits per heavy atom. The predicted molar refractivity (Wildman–Crippen MR) is 70.8 cm³/mol. The number of cyclic esters (lactones) is 1. The molecule has 1 aromatic carbocycles. The van der Waals surface area contributed by atoms with Crippen LogP contribution in [0.15, 0.2) is 41.1 Å². The summed E-state index contributed by atoms with van der Waals surface area (Å²) >= 11 is 5.88. The molecule has 1 heterocycles. The second kappa shape index (κ2) is 6.28. The summed E-state index contributed by atoms with van der Waals surface area (Å²) in [6, 6.07) is 9.69. The average Bonchev–Trinajstić information content (AvgIpc) is 2.71. The van der Waals surface area contributed by atoms with Crippen LogP contribution in [0.25, 0.3) is 0 Å². The minimum absolute atomic E-state index is 0.00190. The van der Waals surface area contributed by atoms with Crippen LogP contribution in [0.2, 0.25) is 0 Å². The minimum atomic E-state index is -0.861. The van der Waals surface area contributed by atoms with Gasteiger partial charge in [-0.15, -0.1) is 6.42 Å². The lowest BCUT2D eigenvalue weighted by Gasteiger charge is -2.15. The molecular weight excluding hydrogens is 266 g/mol. The zero-order valence-corrected chi connectivity index (χ0v) is 10.8. The average molecular weight is 278 g/mol. The molecule has 5 heteroatoms. The maximum absolute atomic E-state index is 11.4. The van der Waals surface area contributed by atoms with Crippen LogP contribution in [0.3, 0.4) is 0 Å². The van der Waals surface area contributed by atoms with E-state index >= 15 is 0 Å². The molecule has 0 radical (unpaired) electrons. The molecule has 1 aliphatic rings. The van der Waals surface area contributed by atoms with Gasteiger partial charge >= 0.3 is 5.97 Å². The number of benzene rings is 1. The van der Waals surface area contributed by atoms with Crippen molar-refractivity contribution in [3.63, 3.8) is 0 Å². The van der Waals surface area contributed by atoms with E-state index < -0.39 is 12.3 Å². The van der Waals surface area contributed by atoms with E-state index in [4.69, 9.17) is 27.5 Å². The van der Waals surface area contributed by atoms with Crippen LogP contribution < -0.4 is 5.32 Å². The highest BCUT2D eigenvalue weighted by molar-refractivity contribution is 6.42. The highest BCUT2D eigenvalue weighted by Gasteiger charge is 2.33. The summed E-state index contributed by atoms with van der Waals surface area (Å²) in [5.74, 6) is 1.70. The van der Waals surface area contributed by atoms with Crippen LogP contribution in [-0.4, -0.2) is 18.9 Å². The quantitative estimate of drug-likeness (QED) is 0.658. The Bertz CT molecular complexity index is 533. The summed E-state index contributed by atoms with van der Waals surface area (Å²) in [7, 11) is 0. The SMILES string of the molecule is C#CCOC1OC(=O)C(Cl)=C1NCc1ccccc1. The highest BCUT2D eigenvalue weighted by atomic mass is 35.5. The summed E-state index contributed by atoms with van der Waals surface area (Å²) in [5.41, 5.74) is 1.46. The Hall–Kier alpha value is -1.96. The third-order valence-electron chi connectivity index (χ3n) is 2.51. The van der Waals surface area contributed by atoms with E-state index in [2.05, 4.69) is 11.2 Å². The minimum Gasteiger partial charge on any atom is -0.425 e. The molecule has 98 valence electrons. The maximum atomic E-state index is 11.4. The number of terminal acetylenes is 1. The van der Waals surface area contributed by atoms with Crippen molar-refractivity contribution in [1.29, 1.82) is 0 Å². The standard InChI is InChI=1S/C14H12ClNO3/c1-2-8-18-14-12(11(15)13(17)19-14)16-9-10-6-4-3-5-7-10/h1,3-7,14,16H,8-9H2. The van der Waals surface area contributed by atoms with Crippen LogP contribution in [0.1, 0.15) is 5.56 Å². The first kappa shape index (κ1) is 13.5. The Morgan fingerprint density at radius 1 is 1.42 bits per heavy atom. The van der Waals surface area contributed by atoms with Crippen molar-refractivity contribution < 1.29 is 14.3 Å². The number of carbonyl (C=O) groups excluding carboxylic acids is 1. The van der Waals surface area contributed by atoms with Gasteiger partial charge in [0.05, 0.1) is 0 Å². The van der Waals surface area contributed by atoms with Crippen molar-refractivity contribution in [2.45, 2.75) is 12.8 Å². The van der Waals surface area contributed by atoms with E-state index in [9.17, 15) is 4.79 Å². The largest absolute Gasteiger partial charge is 0.425 e. The second-order valence-electron chi connectivity index (χ2n) is 3.82. The number of hydrogen-bond donors (Lipinski definition) is 1. The van der Waals surface area contributed by atoms with Gasteiger partial charge in [0.1, 0.15) is 12.3 Å². The Balaban J connectivity index is 2.03. The van der Waals surface area contributed by atoms with Crippen molar-refractivity contribution in [2.75, 3.05) is 6.61 Å². The van der Waals surface area contributed by atoms with E-state index in [-0.39, 0.29) is 11.6 Å². The van der Waals surface area contributed by atoms with Crippen LogP contribution in [0, 0.1) is 12.3 Å². The zero-order chi connectivity index (χ0) is 13.7. The summed E-state index contributed by atoms with van der Waals surface area (Å²) < 4.78 is 10.2. The molecule has 0 amide bonds. The molecule has 1 aromatic rings. The second-order valence-corrected chi connectivity index (χ2v) is 4.20. The Kier molecular flexibility index (Phi) is 4.45. The van der Waals surface area contributed by atoms with Gasteiger partial charge in [-0.25, -0.2) is 4.79 Å². The van der Waals surface area contributed by atoms with E-state index in [0.717, 1.165) is 5.56 Å². The third-order valence-corrected chi connectivity index (χ3v) is 2.87. The third kappa shape index (κ3) is 3.28. The summed E-state index contributed by atoms with van der Waals surface area (Å²) in [6.45, 7) is 0.553. The van der Waals surface area contributed by atoms with Crippen molar-refractivity contribution in [2.24, 2.45) is 0 Å². The first-order valence-electron chi connectivity index (χ1n) is 5.66. The maximum Gasteiger partial charge on any atom is 0.354 e. The lowest BCUT2D eigenvalue weighted by Crippen LogP contribution is -2.25. The number of carbonyl (C=O) groups is 1. The fourth-order valence-corrected chi connectivity index (χ4v) is 1.82. The van der Waals surface area contributed by atoms with Crippen LogP contribution in [0.4, 0.5) is 0 Å². The molecule has 0 fully saturated rings. The number of halogens is 1. The lowest BCUT2D eigenvalue weighted by molar-refractivity contribution is -0.158. The molecule has 0 saturated carbocycles. The van der Waals surface area contributed by atoms with Gasteiger partial charge in [-0.2, -0.15) is 0 Å². The normalized spacial score (nSPS) is 18.1. The number of ether oxygens (including phenoxy) is 2. The topological polar surface area (TPSA) is 47.6 Å². The van der Waals surface area contributed by atoms with Gasteiger partial charge in [0.25, 0.3) is 0 Å². The van der Waals surface area contributed by atoms with Crippen LogP contribution in [0.5, 0.6) is 0 Å². The molecule has 1 unspecified atom stereocenters. The van der Waals surface area contributed by atoms with Gasteiger partial charge in [-0.3, -0.25) is 0 Å². The zero-order valence-electron chi connectivity index (χ0n) is 10.1. The molecular formula is C14H12ClNO3.